The van der Waals surface area contributed by atoms with Gasteiger partial charge in [0, 0.05) is 12.1 Å². The fourth-order valence-corrected chi connectivity index (χ4v) is 4.44. The molecular weight excluding hydrogens is 250 g/mol. The molecule has 1 nitrogen and oxygen atoms in total. The van der Waals surface area contributed by atoms with Crippen LogP contribution in [0.2, 0.25) is 0 Å². The van der Waals surface area contributed by atoms with E-state index in [4.69, 9.17) is 0 Å². The number of hydrogen-bond donors (Lipinski definition) is 1. The summed E-state index contributed by atoms with van der Waals surface area (Å²) in [7, 11) is 0. The van der Waals surface area contributed by atoms with Gasteiger partial charge in [-0.05, 0) is 92.5 Å². The van der Waals surface area contributed by atoms with Crippen LogP contribution in [0.4, 0.5) is 0 Å². The van der Waals surface area contributed by atoms with Gasteiger partial charge in [0.25, 0.3) is 0 Å². The third kappa shape index (κ3) is 3.41. The van der Waals surface area contributed by atoms with E-state index in [9.17, 15) is 0 Å². The maximum Gasteiger partial charge on any atom is 0.00967 e. The molecule has 0 radical (unpaired) electrons. The molecule has 2 atom stereocenters. The third-order valence-corrected chi connectivity index (χ3v) is 5.71. The van der Waals surface area contributed by atoms with Crippen LogP contribution in [0.5, 0.6) is 0 Å². The van der Waals surface area contributed by atoms with Gasteiger partial charge in [0.2, 0.25) is 0 Å². The van der Waals surface area contributed by atoms with Crippen LogP contribution in [0.1, 0.15) is 52.0 Å². The zero-order valence-electron chi connectivity index (χ0n) is 12.5. The standard InChI is InChI=1S/C17H27NS/c1-16(2,3)18-12-17(9-14-8-15(14)10-17)6-4-13-5-7-19-11-13/h5,7,11,14-15,18H,4,6,8-10,12H2,1-3H3. The predicted octanol–water partition coefficient (Wildman–Crippen LogP) is 4.49. The summed E-state index contributed by atoms with van der Waals surface area (Å²) in [6, 6.07) is 2.30. The zero-order chi connectivity index (χ0) is 13.5. The van der Waals surface area contributed by atoms with Crippen LogP contribution in [0.15, 0.2) is 16.8 Å². The molecule has 1 heterocycles. The Balaban J connectivity index is 1.60. The van der Waals surface area contributed by atoms with Gasteiger partial charge in [-0.3, -0.25) is 0 Å². The molecule has 2 saturated carbocycles. The lowest BCUT2D eigenvalue weighted by Gasteiger charge is -2.35. The Morgan fingerprint density at radius 1 is 1.32 bits per heavy atom. The van der Waals surface area contributed by atoms with Gasteiger partial charge in [0.05, 0.1) is 0 Å². The van der Waals surface area contributed by atoms with Crippen LogP contribution >= 0.6 is 11.3 Å². The van der Waals surface area contributed by atoms with E-state index in [2.05, 4.69) is 42.9 Å². The summed E-state index contributed by atoms with van der Waals surface area (Å²) in [6.07, 6.45) is 7.13. The van der Waals surface area contributed by atoms with Crippen LogP contribution in [0, 0.1) is 17.3 Å². The minimum absolute atomic E-state index is 0.252. The minimum atomic E-state index is 0.252. The van der Waals surface area contributed by atoms with Crippen molar-refractivity contribution >= 4 is 11.3 Å². The second kappa shape index (κ2) is 4.89. The summed E-state index contributed by atoms with van der Waals surface area (Å²) in [5.41, 5.74) is 2.38. The Morgan fingerprint density at radius 3 is 2.63 bits per heavy atom. The molecular formula is C17H27NS. The molecule has 1 N–H and O–H groups in total. The average molecular weight is 277 g/mol. The van der Waals surface area contributed by atoms with Crippen molar-refractivity contribution in [3.63, 3.8) is 0 Å². The molecule has 2 unspecified atom stereocenters. The maximum atomic E-state index is 3.78. The molecule has 0 aliphatic heterocycles. The SMILES string of the molecule is CC(C)(C)NCC1(CCc2ccsc2)CC2CC2C1. The first-order valence-corrected chi connectivity index (χ1v) is 8.66. The highest BCUT2D eigenvalue weighted by atomic mass is 32.1. The smallest absolute Gasteiger partial charge is 0.00967 e. The molecule has 0 bridgehead atoms. The molecule has 1 aromatic heterocycles. The van der Waals surface area contributed by atoms with Crippen molar-refractivity contribution < 1.29 is 0 Å². The van der Waals surface area contributed by atoms with Crippen molar-refractivity contribution in [1.29, 1.82) is 0 Å². The number of rotatable bonds is 5. The first kappa shape index (κ1) is 13.6. The summed E-state index contributed by atoms with van der Waals surface area (Å²) < 4.78 is 0. The van der Waals surface area contributed by atoms with Gasteiger partial charge in [0.1, 0.15) is 0 Å². The third-order valence-electron chi connectivity index (χ3n) is 4.98. The van der Waals surface area contributed by atoms with E-state index in [1.165, 1.54) is 38.6 Å². The number of thiophene rings is 1. The highest BCUT2D eigenvalue weighted by Gasteiger charge is 2.53. The summed E-state index contributed by atoms with van der Waals surface area (Å²) in [6.45, 7) is 8.08. The zero-order valence-corrected chi connectivity index (χ0v) is 13.4. The second-order valence-corrected chi connectivity index (χ2v) is 8.68. The van der Waals surface area contributed by atoms with E-state index in [1.54, 1.807) is 5.56 Å². The summed E-state index contributed by atoms with van der Waals surface area (Å²) in [4.78, 5) is 0. The van der Waals surface area contributed by atoms with Crippen LogP contribution in [-0.4, -0.2) is 12.1 Å². The molecule has 2 aliphatic carbocycles. The average Bonchev–Trinajstić information content (AvgIpc) is 2.82. The van der Waals surface area contributed by atoms with Crippen LogP contribution in [0.25, 0.3) is 0 Å². The molecule has 0 saturated heterocycles. The lowest BCUT2D eigenvalue weighted by molar-refractivity contribution is 0.207. The first-order chi connectivity index (χ1) is 8.96. The minimum Gasteiger partial charge on any atom is -0.312 e. The number of aryl methyl sites for hydroxylation is 1. The normalized spacial score (nSPS) is 33.4. The Kier molecular flexibility index (Phi) is 3.51. The van der Waals surface area contributed by atoms with Crippen molar-refractivity contribution in [1.82, 2.24) is 5.32 Å². The summed E-state index contributed by atoms with van der Waals surface area (Å²) >= 11 is 1.83. The molecule has 0 aromatic carbocycles. The first-order valence-electron chi connectivity index (χ1n) is 7.72. The van der Waals surface area contributed by atoms with E-state index in [-0.39, 0.29) is 5.54 Å². The Morgan fingerprint density at radius 2 is 2.05 bits per heavy atom. The molecule has 0 amide bonds. The van der Waals surface area contributed by atoms with Gasteiger partial charge >= 0.3 is 0 Å². The van der Waals surface area contributed by atoms with Crippen molar-refractivity contribution in [2.24, 2.45) is 17.3 Å². The largest absolute Gasteiger partial charge is 0.312 e. The van der Waals surface area contributed by atoms with E-state index >= 15 is 0 Å². The quantitative estimate of drug-likeness (QED) is 0.836. The second-order valence-electron chi connectivity index (χ2n) is 7.90. The Labute approximate surface area is 121 Å². The molecule has 106 valence electrons. The van der Waals surface area contributed by atoms with Crippen LogP contribution in [0.3, 0.4) is 0 Å². The maximum absolute atomic E-state index is 3.78. The molecule has 0 spiro atoms. The molecule has 3 rings (SSSR count). The van der Waals surface area contributed by atoms with Gasteiger partial charge in [0.15, 0.2) is 0 Å². The molecule has 2 fully saturated rings. The molecule has 2 aliphatic rings. The predicted molar refractivity (Wildman–Crippen MR) is 83.7 cm³/mol. The van der Waals surface area contributed by atoms with Gasteiger partial charge in [-0.25, -0.2) is 0 Å². The Hall–Kier alpha value is -0.340. The monoisotopic (exact) mass is 277 g/mol. The van der Waals surface area contributed by atoms with E-state index in [1.807, 2.05) is 11.3 Å². The fourth-order valence-electron chi connectivity index (χ4n) is 3.74. The summed E-state index contributed by atoms with van der Waals surface area (Å²) in [5, 5.41) is 8.31. The lowest BCUT2D eigenvalue weighted by Crippen LogP contribution is -2.43. The van der Waals surface area contributed by atoms with Crippen molar-refractivity contribution in [2.75, 3.05) is 6.54 Å². The summed E-state index contributed by atoms with van der Waals surface area (Å²) in [5.74, 6) is 2.15. The van der Waals surface area contributed by atoms with Gasteiger partial charge in [-0.2, -0.15) is 11.3 Å². The topological polar surface area (TPSA) is 12.0 Å². The van der Waals surface area contributed by atoms with Gasteiger partial charge < -0.3 is 5.32 Å². The lowest BCUT2D eigenvalue weighted by atomic mass is 9.77. The highest BCUT2D eigenvalue weighted by Crippen LogP contribution is 2.61. The number of fused-ring (bicyclic) bond motifs is 1. The van der Waals surface area contributed by atoms with Gasteiger partial charge in [-0.15, -0.1) is 0 Å². The Bertz CT molecular complexity index is 405. The molecule has 1 aromatic rings. The number of nitrogens with one attached hydrogen (secondary N) is 1. The van der Waals surface area contributed by atoms with Crippen molar-refractivity contribution in [2.45, 2.75) is 58.4 Å². The molecule has 2 heteroatoms. The molecule has 19 heavy (non-hydrogen) atoms. The van der Waals surface area contributed by atoms with E-state index < -0.39 is 0 Å². The van der Waals surface area contributed by atoms with Crippen molar-refractivity contribution in [3.05, 3.63) is 22.4 Å². The fraction of sp³-hybridized carbons (Fsp3) is 0.765. The van der Waals surface area contributed by atoms with E-state index in [0.717, 1.165) is 11.8 Å². The van der Waals surface area contributed by atoms with E-state index in [0.29, 0.717) is 5.41 Å². The van der Waals surface area contributed by atoms with Crippen LogP contribution in [-0.2, 0) is 6.42 Å². The highest BCUT2D eigenvalue weighted by molar-refractivity contribution is 7.07. The number of hydrogen-bond acceptors (Lipinski definition) is 2. The van der Waals surface area contributed by atoms with Gasteiger partial charge in [-0.1, -0.05) is 0 Å². The van der Waals surface area contributed by atoms with Crippen molar-refractivity contribution in [3.8, 4) is 0 Å². The van der Waals surface area contributed by atoms with Crippen LogP contribution < -0.4 is 5.32 Å².